The van der Waals surface area contributed by atoms with E-state index in [0.717, 1.165) is 19.6 Å². The molecule has 3 aliphatic heterocycles. The van der Waals surface area contributed by atoms with Gasteiger partial charge in [-0.05, 0) is 172 Å². The average Bonchev–Trinajstić information content (AvgIpc) is 3.98. The summed E-state index contributed by atoms with van der Waals surface area (Å²) in [5.41, 5.74) is 9.16. The Hall–Kier alpha value is -3.45. The van der Waals surface area contributed by atoms with Gasteiger partial charge in [0, 0.05) is 72.3 Å². The maximum Gasteiger partial charge on any atom is 0.173 e. The van der Waals surface area contributed by atoms with E-state index in [-0.39, 0.29) is 0 Å². The van der Waals surface area contributed by atoms with Crippen LogP contribution in [0.3, 0.4) is 0 Å². The van der Waals surface area contributed by atoms with Crippen LogP contribution in [0.15, 0.2) is 91.8 Å². The molecule has 1 aromatic carbocycles. The molecule has 0 radical (unpaired) electrons. The highest BCUT2D eigenvalue weighted by Gasteiger charge is 2.26. The number of pyridine rings is 3. The summed E-state index contributed by atoms with van der Waals surface area (Å²) in [5, 5.41) is 0. The second-order valence-electron chi connectivity index (χ2n) is 18.1. The maximum atomic E-state index is 2.56. The third-order valence-corrected chi connectivity index (χ3v) is 13.6. The van der Waals surface area contributed by atoms with Crippen molar-refractivity contribution in [1.29, 1.82) is 0 Å². The Bertz CT molecular complexity index is 1600. The van der Waals surface area contributed by atoms with Gasteiger partial charge in [-0.3, -0.25) is 14.7 Å². The van der Waals surface area contributed by atoms with Gasteiger partial charge in [-0.2, -0.15) is 0 Å². The molecule has 6 heteroatoms. The zero-order chi connectivity index (χ0) is 39.2. The van der Waals surface area contributed by atoms with E-state index in [4.69, 9.17) is 0 Å². The Morgan fingerprint density at radius 3 is 1.04 bits per heavy atom. The first-order valence-corrected chi connectivity index (χ1v) is 23.2. The minimum absolute atomic E-state index is 0.596. The lowest BCUT2D eigenvalue weighted by atomic mass is 9.95. The molecule has 0 bridgehead atoms. The molecular formula is C51H75N6+3. The molecule has 3 aliphatic rings. The van der Waals surface area contributed by atoms with E-state index in [0.29, 0.717) is 18.1 Å². The summed E-state index contributed by atoms with van der Waals surface area (Å²) in [6.07, 6.45) is 36.9. The third kappa shape index (κ3) is 12.3. The van der Waals surface area contributed by atoms with Crippen LogP contribution in [0.25, 0.3) is 0 Å². The first-order chi connectivity index (χ1) is 28.0. The van der Waals surface area contributed by atoms with Crippen molar-refractivity contribution in [3.8, 4) is 0 Å². The molecule has 3 aromatic heterocycles. The number of rotatable bonds is 21. The van der Waals surface area contributed by atoms with Crippen molar-refractivity contribution < 1.29 is 13.7 Å². The van der Waals surface area contributed by atoms with Crippen molar-refractivity contribution in [2.24, 2.45) is 0 Å². The van der Waals surface area contributed by atoms with Crippen LogP contribution >= 0.6 is 0 Å². The van der Waals surface area contributed by atoms with E-state index in [1.165, 1.54) is 152 Å². The molecule has 6 heterocycles. The van der Waals surface area contributed by atoms with Gasteiger partial charge in [-0.15, -0.1) is 0 Å². The molecule has 7 rings (SSSR count). The Labute approximate surface area is 346 Å². The Balaban J connectivity index is 0.886. The Kier molecular flexibility index (Phi) is 15.7. The first kappa shape index (κ1) is 41.7. The van der Waals surface area contributed by atoms with Crippen molar-refractivity contribution in [2.45, 2.75) is 153 Å². The van der Waals surface area contributed by atoms with Crippen molar-refractivity contribution >= 4 is 0 Å². The fraction of sp³-hybridized carbons (Fsp3) is 0.588. The predicted molar refractivity (Wildman–Crippen MR) is 233 cm³/mol. The van der Waals surface area contributed by atoms with Gasteiger partial charge in [-0.1, -0.05) is 18.2 Å². The predicted octanol–water partition coefficient (Wildman–Crippen LogP) is 9.09. The van der Waals surface area contributed by atoms with Gasteiger partial charge in [0.25, 0.3) is 0 Å². The van der Waals surface area contributed by atoms with Crippen molar-refractivity contribution in [3.63, 3.8) is 0 Å². The largest absolute Gasteiger partial charge is 0.299 e. The summed E-state index contributed by atoms with van der Waals surface area (Å²) >= 11 is 0. The molecule has 0 amide bonds. The minimum atomic E-state index is 0.596. The fourth-order valence-corrected chi connectivity index (χ4v) is 10.3. The summed E-state index contributed by atoms with van der Waals surface area (Å²) in [6, 6.07) is 23.2. The number of nitrogens with zero attached hydrogens (tertiary/aromatic N) is 6. The van der Waals surface area contributed by atoms with Crippen LogP contribution in [0.4, 0.5) is 0 Å². The molecule has 0 saturated carbocycles. The molecule has 3 atom stereocenters. The van der Waals surface area contributed by atoms with Gasteiger partial charge in [0.2, 0.25) is 0 Å². The fourth-order valence-electron chi connectivity index (χ4n) is 10.3. The second-order valence-corrected chi connectivity index (χ2v) is 18.1. The molecule has 0 aliphatic carbocycles. The molecular weight excluding hydrogens is 697 g/mol. The lowest BCUT2D eigenvalue weighted by Crippen LogP contribution is -2.34. The summed E-state index contributed by atoms with van der Waals surface area (Å²) in [5.74, 6) is 0. The SMILES string of the molecule is CN1CCC[C@H]1c1ccc[n+](CCCCCc2cc(CCCCC[n+]3cccc([C@@H]4CCCN4C)c3)cc(CCCCC[n+]3cccc([C@@H]4CCCN4C)c3)c2)c1. The zero-order valence-corrected chi connectivity index (χ0v) is 36.0. The van der Waals surface area contributed by atoms with Crippen molar-refractivity contribution in [1.82, 2.24) is 14.7 Å². The van der Waals surface area contributed by atoms with Gasteiger partial charge in [-0.25, -0.2) is 13.7 Å². The summed E-state index contributed by atoms with van der Waals surface area (Å²) < 4.78 is 7.31. The Morgan fingerprint density at radius 2 is 0.754 bits per heavy atom. The minimum Gasteiger partial charge on any atom is -0.299 e. The van der Waals surface area contributed by atoms with Gasteiger partial charge in [0.05, 0.1) is 0 Å². The van der Waals surface area contributed by atoms with E-state index in [9.17, 15) is 0 Å². The van der Waals surface area contributed by atoms with Crippen LogP contribution in [0.2, 0.25) is 0 Å². The van der Waals surface area contributed by atoms with Crippen molar-refractivity contribution in [2.75, 3.05) is 40.8 Å². The van der Waals surface area contributed by atoms with Crippen LogP contribution in [0, 0.1) is 0 Å². The number of benzene rings is 1. The number of unbranched alkanes of at least 4 members (excludes halogenated alkanes) is 6. The van der Waals surface area contributed by atoms with E-state index in [1.807, 2.05) is 0 Å². The summed E-state index contributed by atoms with van der Waals surface area (Å²) in [7, 11) is 6.84. The highest BCUT2D eigenvalue weighted by atomic mass is 15.2. The molecule has 57 heavy (non-hydrogen) atoms. The molecule has 3 saturated heterocycles. The number of aromatic nitrogens is 3. The molecule has 0 spiro atoms. The molecule has 4 aromatic rings. The maximum absolute atomic E-state index is 2.56. The lowest BCUT2D eigenvalue weighted by Gasteiger charge is -2.18. The number of likely N-dealkylation sites (tertiary alicyclic amines) is 3. The van der Waals surface area contributed by atoms with Gasteiger partial charge in [0.1, 0.15) is 19.6 Å². The second kappa shape index (κ2) is 21.5. The topological polar surface area (TPSA) is 21.4 Å². The van der Waals surface area contributed by atoms with Crippen molar-refractivity contribution in [3.05, 3.63) is 125 Å². The van der Waals surface area contributed by atoms with Crippen LogP contribution in [-0.4, -0.2) is 55.5 Å². The highest BCUT2D eigenvalue weighted by molar-refractivity contribution is 5.31. The standard InChI is InChI=1S/C51H75N6/c1-52-28-16-25-49(52)46-22-13-34-55(40-46)31-10-4-7-19-43-37-44(20-8-5-11-32-56-35-14-23-47(41-56)50-26-17-29-53(50)2)39-45(38-43)21-9-6-12-33-57-36-15-24-48(42-57)51-27-18-30-54(51)3/h13-15,22-24,34-42,49-51H,4-12,16-21,25-33H2,1-3H3/q+3/t49-,50-,51-/m0/s1. The number of hydrogen-bond acceptors (Lipinski definition) is 3. The van der Waals surface area contributed by atoms with Crippen LogP contribution in [0.1, 0.15) is 148 Å². The smallest absolute Gasteiger partial charge is 0.173 e. The molecule has 0 N–H and O–H groups in total. The van der Waals surface area contributed by atoms with Crippen LogP contribution in [-0.2, 0) is 38.9 Å². The summed E-state index contributed by atoms with van der Waals surface area (Å²) in [4.78, 5) is 7.56. The van der Waals surface area contributed by atoms with E-state index in [1.54, 1.807) is 16.7 Å². The van der Waals surface area contributed by atoms with Gasteiger partial charge >= 0.3 is 0 Å². The molecule has 6 nitrogen and oxygen atoms in total. The first-order valence-electron chi connectivity index (χ1n) is 23.2. The van der Waals surface area contributed by atoms with E-state index >= 15 is 0 Å². The van der Waals surface area contributed by atoms with Crippen LogP contribution in [0.5, 0.6) is 0 Å². The highest BCUT2D eigenvalue weighted by Crippen LogP contribution is 2.31. The van der Waals surface area contributed by atoms with E-state index in [2.05, 4.69) is 141 Å². The monoisotopic (exact) mass is 772 g/mol. The summed E-state index contributed by atoms with van der Waals surface area (Å²) in [6.45, 7) is 7.04. The van der Waals surface area contributed by atoms with Crippen LogP contribution < -0.4 is 13.7 Å². The average molecular weight is 772 g/mol. The number of aryl methyl sites for hydroxylation is 6. The normalized spacial score (nSPS) is 20.6. The van der Waals surface area contributed by atoms with Gasteiger partial charge in [0.15, 0.2) is 37.2 Å². The van der Waals surface area contributed by atoms with E-state index < -0.39 is 0 Å². The lowest BCUT2D eigenvalue weighted by molar-refractivity contribution is -0.698. The number of hydrogen-bond donors (Lipinski definition) is 0. The zero-order valence-electron chi connectivity index (χ0n) is 36.0. The molecule has 0 unspecified atom stereocenters. The molecule has 306 valence electrons. The van der Waals surface area contributed by atoms with Gasteiger partial charge < -0.3 is 0 Å². The Morgan fingerprint density at radius 1 is 0.439 bits per heavy atom. The third-order valence-electron chi connectivity index (χ3n) is 13.6. The quantitative estimate of drug-likeness (QED) is 0.0624. The molecule has 3 fully saturated rings.